The number of ether oxygens (including phenoxy) is 1. The Balaban J connectivity index is 1.82. The first-order valence-electron chi connectivity index (χ1n) is 12.8. The van der Waals surface area contributed by atoms with Crippen LogP contribution in [0.5, 0.6) is 0 Å². The van der Waals surface area contributed by atoms with Gasteiger partial charge in [0.05, 0.1) is 12.2 Å². The standard InChI is InChI=1S/C26H40N4O4/c1-5-34-15-24(33)19-8-9-23(13-28-3)10-11-30(22(27)29-4)14-25(23)17-7-6-16(2)26(19,25)18(12-17)20(24)21(31)32/h10-11,16-17,19,28,33H,5-9,12-15H2,1-4H3,(H2,27,29)(H,31,32)/t16-,17-,19-,23+,24-,25-,26+/m1/s1. The summed E-state index contributed by atoms with van der Waals surface area (Å²) < 4.78 is 5.79. The number of aliphatic imine (C=N–C) groups is 1. The van der Waals surface area contributed by atoms with E-state index in [0.717, 1.165) is 44.2 Å². The van der Waals surface area contributed by atoms with E-state index in [1.807, 2.05) is 14.0 Å². The first-order valence-corrected chi connectivity index (χ1v) is 12.8. The molecule has 0 amide bonds. The molecule has 5 rings (SSSR count). The van der Waals surface area contributed by atoms with Gasteiger partial charge in [0, 0.05) is 55.1 Å². The van der Waals surface area contributed by atoms with E-state index in [4.69, 9.17) is 10.5 Å². The molecule has 0 radical (unpaired) electrons. The number of carboxylic acid groups (broad SMARTS) is 1. The monoisotopic (exact) mass is 472 g/mol. The molecule has 3 fully saturated rings. The zero-order valence-electron chi connectivity index (χ0n) is 20.9. The lowest BCUT2D eigenvalue weighted by molar-refractivity contribution is -0.218. The Morgan fingerprint density at radius 3 is 2.79 bits per heavy atom. The van der Waals surface area contributed by atoms with Crippen molar-refractivity contribution in [1.82, 2.24) is 10.2 Å². The minimum Gasteiger partial charge on any atom is -0.478 e. The zero-order valence-corrected chi connectivity index (χ0v) is 20.9. The van der Waals surface area contributed by atoms with Gasteiger partial charge in [-0.1, -0.05) is 13.0 Å². The summed E-state index contributed by atoms with van der Waals surface area (Å²) in [5.74, 6) is -0.121. The third-order valence-electron chi connectivity index (χ3n) is 10.5. The molecule has 0 aromatic rings. The number of aliphatic hydroxyl groups is 1. The highest BCUT2D eigenvalue weighted by Crippen LogP contribution is 2.84. The van der Waals surface area contributed by atoms with Gasteiger partial charge in [0.1, 0.15) is 5.60 Å². The quantitative estimate of drug-likeness (QED) is 0.344. The highest BCUT2D eigenvalue weighted by molar-refractivity contribution is 5.92. The first kappa shape index (κ1) is 23.8. The summed E-state index contributed by atoms with van der Waals surface area (Å²) in [6.07, 6.45) is 8.92. The number of nitrogens with two attached hydrogens (primary N) is 1. The van der Waals surface area contributed by atoms with Gasteiger partial charge in [0.15, 0.2) is 5.96 Å². The minimum absolute atomic E-state index is 0.0334. The van der Waals surface area contributed by atoms with E-state index in [0.29, 0.717) is 25.0 Å². The Hall–Kier alpha value is -1.90. The van der Waals surface area contributed by atoms with Gasteiger partial charge in [-0.3, -0.25) is 4.99 Å². The van der Waals surface area contributed by atoms with E-state index >= 15 is 0 Å². The van der Waals surface area contributed by atoms with Crippen LogP contribution in [0, 0.1) is 34.0 Å². The van der Waals surface area contributed by atoms with Crippen molar-refractivity contribution in [3.05, 3.63) is 23.4 Å². The van der Waals surface area contributed by atoms with Crippen LogP contribution in [-0.4, -0.2) is 73.0 Å². The second-order valence-electron chi connectivity index (χ2n) is 11.2. The number of carboxylic acids is 1. The largest absolute Gasteiger partial charge is 0.478 e. The molecule has 8 heteroatoms. The summed E-state index contributed by atoms with van der Waals surface area (Å²) in [7, 11) is 3.71. The van der Waals surface area contributed by atoms with Crippen LogP contribution in [0.25, 0.3) is 0 Å². The van der Waals surface area contributed by atoms with Gasteiger partial charge in [0.2, 0.25) is 0 Å². The Kier molecular flexibility index (Phi) is 5.47. The lowest BCUT2D eigenvalue weighted by Crippen LogP contribution is -2.72. The van der Waals surface area contributed by atoms with Crippen molar-refractivity contribution in [3.8, 4) is 0 Å². The number of nitrogens with one attached hydrogen (secondary N) is 1. The summed E-state index contributed by atoms with van der Waals surface area (Å²) in [6, 6.07) is 0. The Morgan fingerprint density at radius 1 is 1.38 bits per heavy atom. The normalized spacial score (nSPS) is 44.9. The highest BCUT2D eigenvalue weighted by Gasteiger charge is 2.82. The number of nitrogens with zero attached hydrogens (tertiary/aromatic N) is 2. The Labute approximate surface area is 202 Å². The van der Waals surface area contributed by atoms with E-state index in [9.17, 15) is 15.0 Å². The molecule has 188 valence electrons. The van der Waals surface area contributed by atoms with Crippen LogP contribution in [0.4, 0.5) is 0 Å². The fourth-order valence-electron chi connectivity index (χ4n) is 9.71. The maximum atomic E-state index is 12.8. The van der Waals surface area contributed by atoms with E-state index < -0.39 is 17.0 Å². The summed E-state index contributed by atoms with van der Waals surface area (Å²) in [5, 5.41) is 26.2. The molecule has 0 aromatic carbocycles. The van der Waals surface area contributed by atoms with Crippen LogP contribution in [0.3, 0.4) is 0 Å². The molecule has 0 saturated heterocycles. The number of hydrogen-bond donors (Lipinski definition) is 4. The predicted molar refractivity (Wildman–Crippen MR) is 130 cm³/mol. The summed E-state index contributed by atoms with van der Waals surface area (Å²) >= 11 is 0. The van der Waals surface area contributed by atoms with E-state index in [2.05, 4.69) is 34.4 Å². The predicted octanol–water partition coefficient (Wildman–Crippen LogP) is 1.96. The molecule has 4 aliphatic carbocycles. The molecule has 2 bridgehead atoms. The Bertz CT molecular complexity index is 978. The van der Waals surface area contributed by atoms with Crippen LogP contribution in [-0.2, 0) is 9.53 Å². The Morgan fingerprint density at radius 2 is 2.15 bits per heavy atom. The number of aliphatic carboxylic acids is 1. The van der Waals surface area contributed by atoms with Gasteiger partial charge in [-0.2, -0.15) is 0 Å². The molecule has 2 spiro atoms. The number of rotatable bonds is 6. The fourth-order valence-corrected chi connectivity index (χ4v) is 9.71. The van der Waals surface area contributed by atoms with E-state index in [-0.39, 0.29) is 34.8 Å². The molecule has 0 unspecified atom stereocenters. The van der Waals surface area contributed by atoms with Crippen molar-refractivity contribution < 1.29 is 19.7 Å². The van der Waals surface area contributed by atoms with Crippen molar-refractivity contribution >= 4 is 11.9 Å². The second kappa shape index (κ2) is 7.80. The summed E-state index contributed by atoms with van der Waals surface area (Å²) in [6.45, 7) is 6.17. The average Bonchev–Trinajstić information content (AvgIpc) is 3.15. The maximum Gasteiger partial charge on any atom is 0.334 e. The van der Waals surface area contributed by atoms with Gasteiger partial charge in [-0.05, 0) is 63.5 Å². The van der Waals surface area contributed by atoms with Crippen LogP contribution in [0.15, 0.2) is 28.4 Å². The minimum atomic E-state index is -1.48. The topological polar surface area (TPSA) is 120 Å². The van der Waals surface area contributed by atoms with Crippen molar-refractivity contribution in [3.63, 3.8) is 0 Å². The van der Waals surface area contributed by atoms with Crippen molar-refractivity contribution in [2.45, 2.75) is 51.6 Å². The molecular weight excluding hydrogens is 432 g/mol. The molecule has 5 N–H and O–H groups in total. The van der Waals surface area contributed by atoms with Gasteiger partial charge in [-0.25, -0.2) is 4.79 Å². The number of guanidine groups is 1. The maximum absolute atomic E-state index is 12.8. The lowest BCUT2D eigenvalue weighted by Gasteiger charge is -2.70. The number of carbonyl (C=O) groups is 1. The molecule has 5 aliphatic rings. The number of hydrogen-bond acceptors (Lipinski definition) is 5. The van der Waals surface area contributed by atoms with Gasteiger partial charge < -0.3 is 30.9 Å². The molecular formula is C26H40N4O4. The van der Waals surface area contributed by atoms with E-state index in [1.54, 1.807) is 7.05 Å². The average molecular weight is 473 g/mol. The lowest BCUT2D eigenvalue weighted by atomic mass is 9.35. The highest BCUT2D eigenvalue weighted by atomic mass is 16.5. The van der Waals surface area contributed by atoms with Gasteiger partial charge in [-0.15, -0.1) is 0 Å². The van der Waals surface area contributed by atoms with E-state index in [1.165, 1.54) is 0 Å². The van der Waals surface area contributed by atoms with Crippen molar-refractivity contribution in [2.24, 2.45) is 44.7 Å². The first-order chi connectivity index (χ1) is 16.2. The molecule has 8 nitrogen and oxygen atoms in total. The van der Waals surface area contributed by atoms with Crippen LogP contribution in [0.1, 0.15) is 46.0 Å². The zero-order chi connectivity index (χ0) is 24.5. The third-order valence-corrected chi connectivity index (χ3v) is 10.5. The van der Waals surface area contributed by atoms with Crippen molar-refractivity contribution in [2.75, 3.05) is 40.4 Å². The molecule has 3 saturated carbocycles. The molecule has 0 aromatic heterocycles. The molecule has 34 heavy (non-hydrogen) atoms. The SMILES string of the molecule is CCOC[C@]1(O)C(C(=O)O)=C2C[C@H]3CC[C@@H](C)[C@@]24[C@@H]1CC[C@@]1(CNC)C=CN(C(N)=NC)C[C@@]314. The van der Waals surface area contributed by atoms with Gasteiger partial charge in [0.25, 0.3) is 0 Å². The summed E-state index contributed by atoms with van der Waals surface area (Å²) in [5.41, 5.74) is 5.28. The smallest absolute Gasteiger partial charge is 0.334 e. The molecule has 1 heterocycles. The fraction of sp³-hybridized carbons (Fsp3) is 0.769. The molecule has 1 aliphatic heterocycles. The number of allylic oxidation sites excluding steroid dienone is 1. The van der Waals surface area contributed by atoms with Crippen LogP contribution in [0.2, 0.25) is 0 Å². The van der Waals surface area contributed by atoms with Crippen LogP contribution >= 0.6 is 0 Å². The summed E-state index contributed by atoms with van der Waals surface area (Å²) in [4.78, 5) is 19.2. The molecule has 7 atom stereocenters. The van der Waals surface area contributed by atoms with Crippen LogP contribution < -0.4 is 11.1 Å². The second-order valence-corrected chi connectivity index (χ2v) is 11.2. The van der Waals surface area contributed by atoms with Crippen molar-refractivity contribution in [1.29, 1.82) is 0 Å². The van der Waals surface area contributed by atoms with Gasteiger partial charge >= 0.3 is 5.97 Å². The third kappa shape index (κ3) is 2.49.